The molecular formula is C36H36ClF2N3O4S. The van der Waals surface area contributed by atoms with Gasteiger partial charge in [-0.1, -0.05) is 60.1 Å². The first kappa shape index (κ1) is 32.0. The van der Waals surface area contributed by atoms with Gasteiger partial charge < -0.3 is 15.4 Å². The predicted molar refractivity (Wildman–Crippen MR) is 178 cm³/mol. The molecule has 3 aliphatic rings. The van der Waals surface area contributed by atoms with E-state index < -0.39 is 39.5 Å². The monoisotopic (exact) mass is 679 g/mol. The second kappa shape index (κ2) is 12.5. The molecule has 1 amide bonds. The Morgan fingerprint density at radius 3 is 2.17 bits per heavy atom. The van der Waals surface area contributed by atoms with Crippen molar-refractivity contribution < 1.29 is 26.7 Å². The Morgan fingerprint density at radius 1 is 0.894 bits per heavy atom. The summed E-state index contributed by atoms with van der Waals surface area (Å²) in [7, 11) is -4.58. The van der Waals surface area contributed by atoms with E-state index in [9.17, 15) is 13.2 Å². The number of carbonyl (C=O) groups is 1. The molecule has 246 valence electrons. The number of halogens is 3. The predicted octanol–water partition coefficient (Wildman–Crippen LogP) is 7.01. The summed E-state index contributed by atoms with van der Waals surface area (Å²) in [5, 5.41) is 1.90. The van der Waals surface area contributed by atoms with Crippen LogP contribution in [-0.4, -0.2) is 49.5 Å². The number of sulfonamides is 1. The Morgan fingerprint density at radius 2 is 1.53 bits per heavy atom. The standard InChI is InChI=1S/C36H36ClF2N3O4S/c37-27-13-7-23(8-14-27)22-5-11-26(12-6-22)36(38,39)34(35(43)42-28-15-18-33(42)32(40)21-28)41-47(44,45)31-17-10-24-19-30(16-9-25(24)20-31)46-29-3-1-2-4-29/h5-14,16-17,19-20,28-29,32-34,41H,1-4,15,18,21,40H2/t28?,32-,33?,34+/m1/s1. The maximum atomic E-state index is 16.6. The van der Waals surface area contributed by atoms with E-state index in [1.165, 1.54) is 41.3 Å². The van der Waals surface area contributed by atoms with Crippen molar-refractivity contribution in [1.29, 1.82) is 0 Å². The van der Waals surface area contributed by atoms with Crippen molar-refractivity contribution in [1.82, 2.24) is 9.62 Å². The van der Waals surface area contributed by atoms with Gasteiger partial charge in [0.2, 0.25) is 15.9 Å². The number of hydrogen-bond acceptors (Lipinski definition) is 5. The van der Waals surface area contributed by atoms with Gasteiger partial charge in [0, 0.05) is 28.7 Å². The summed E-state index contributed by atoms with van der Waals surface area (Å²) in [5.74, 6) is -4.17. The lowest BCUT2D eigenvalue weighted by molar-refractivity contribution is -0.145. The molecule has 0 radical (unpaired) electrons. The maximum absolute atomic E-state index is 16.6. The molecule has 47 heavy (non-hydrogen) atoms. The molecular weight excluding hydrogens is 644 g/mol. The lowest BCUT2D eigenvalue weighted by Gasteiger charge is -2.33. The molecule has 4 aromatic carbocycles. The molecule has 1 saturated carbocycles. The summed E-state index contributed by atoms with van der Waals surface area (Å²) >= 11 is 5.99. The number of amides is 1. The van der Waals surface area contributed by atoms with Gasteiger partial charge in [-0.25, -0.2) is 8.42 Å². The zero-order valence-corrected chi connectivity index (χ0v) is 27.2. The van der Waals surface area contributed by atoms with Crippen molar-refractivity contribution >= 4 is 38.3 Å². The van der Waals surface area contributed by atoms with Crippen LogP contribution in [0.25, 0.3) is 21.9 Å². The van der Waals surface area contributed by atoms with Crippen LogP contribution in [0.3, 0.4) is 0 Å². The summed E-state index contributed by atoms with van der Waals surface area (Å²) < 4.78 is 69.0. The Bertz CT molecular complexity index is 1900. The fourth-order valence-electron chi connectivity index (χ4n) is 7.37. The molecule has 2 unspecified atom stereocenters. The summed E-state index contributed by atoms with van der Waals surface area (Å²) in [6.07, 6.45) is 6.17. The Hall–Kier alpha value is -3.57. The molecule has 11 heteroatoms. The highest BCUT2D eigenvalue weighted by atomic mass is 35.5. The molecule has 0 spiro atoms. The summed E-state index contributed by atoms with van der Waals surface area (Å²) in [6, 6.07) is 18.8. The van der Waals surface area contributed by atoms with E-state index in [1.807, 2.05) is 6.07 Å². The molecule has 3 fully saturated rings. The van der Waals surface area contributed by atoms with Crippen LogP contribution in [0.2, 0.25) is 5.02 Å². The number of hydrogen-bond donors (Lipinski definition) is 2. The van der Waals surface area contributed by atoms with Gasteiger partial charge in [0.1, 0.15) is 5.75 Å². The van der Waals surface area contributed by atoms with Gasteiger partial charge in [-0.3, -0.25) is 4.79 Å². The summed E-state index contributed by atoms with van der Waals surface area (Å²) in [6.45, 7) is 0. The second-order valence-corrected chi connectivity index (χ2v) is 15.1. The average Bonchev–Trinajstić information content (AvgIpc) is 3.80. The molecule has 2 heterocycles. The van der Waals surface area contributed by atoms with Crippen LogP contribution in [0.15, 0.2) is 89.8 Å². The van der Waals surface area contributed by atoms with Crippen LogP contribution in [0, 0.1) is 0 Å². The normalized spacial score (nSPS) is 22.2. The highest BCUT2D eigenvalue weighted by molar-refractivity contribution is 7.89. The molecule has 2 bridgehead atoms. The largest absolute Gasteiger partial charge is 0.490 e. The van der Waals surface area contributed by atoms with Crippen LogP contribution in [-0.2, 0) is 20.7 Å². The average molecular weight is 680 g/mol. The van der Waals surface area contributed by atoms with E-state index in [0.29, 0.717) is 41.0 Å². The lowest BCUT2D eigenvalue weighted by atomic mass is 9.96. The first-order valence-corrected chi connectivity index (χ1v) is 17.9. The van der Waals surface area contributed by atoms with Crippen molar-refractivity contribution in [3.8, 4) is 16.9 Å². The number of ether oxygens (including phenoxy) is 1. The first-order valence-electron chi connectivity index (χ1n) is 16.0. The quantitative estimate of drug-likeness (QED) is 0.198. The molecule has 4 atom stereocenters. The molecule has 7 rings (SSSR count). The van der Waals surface area contributed by atoms with Gasteiger partial charge in [-0.15, -0.1) is 0 Å². The number of nitrogens with two attached hydrogens (primary N) is 1. The highest BCUT2D eigenvalue weighted by Crippen LogP contribution is 2.41. The third kappa shape index (κ3) is 6.24. The Labute approximate surface area is 278 Å². The molecule has 0 aromatic heterocycles. The number of carbonyl (C=O) groups excluding carboxylic acids is 1. The number of benzene rings is 4. The van der Waals surface area contributed by atoms with Crippen molar-refractivity contribution in [2.24, 2.45) is 5.73 Å². The minimum Gasteiger partial charge on any atom is -0.490 e. The smallest absolute Gasteiger partial charge is 0.298 e. The Kier molecular flexibility index (Phi) is 8.49. The second-order valence-electron chi connectivity index (χ2n) is 12.9. The topological polar surface area (TPSA) is 102 Å². The third-order valence-corrected chi connectivity index (χ3v) is 11.5. The fourth-order valence-corrected chi connectivity index (χ4v) is 8.72. The van der Waals surface area contributed by atoms with E-state index >= 15 is 8.78 Å². The molecule has 7 nitrogen and oxygen atoms in total. The number of rotatable bonds is 9. The molecule has 3 N–H and O–H groups in total. The van der Waals surface area contributed by atoms with Crippen LogP contribution >= 0.6 is 11.6 Å². The van der Waals surface area contributed by atoms with E-state index in [2.05, 4.69) is 4.72 Å². The zero-order valence-electron chi connectivity index (χ0n) is 25.6. The van der Waals surface area contributed by atoms with E-state index in [0.717, 1.165) is 36.6 Å². The zero-order chi connectivity index (χ0) is 32.9. The van der Waals surface area contributed by atoms with Crippen LogP contribution in [0.5, 0.6) is 5.75 Å². The minimum absolute atomic E-state index is 0.168. The molecule has 2 saturated heterocycles. The van der Waals surface area contributed by atoms with Crippen molar-refractivity contribution in [3.05, 3.63) is 95.5 Å². The number of alkyl halides is 2. The molecule has 1 aliphatic carbocycles. The van der Waals surface area contributed by atoms with Crippen LogP contribution in [0.1, 0.15) is 50.5 Å². The summed E-state index contributed by atoms with van der Waals surface area (Å²) in [4.78, 5) is 15.2. The number of nitrogens with one attached hydrogen (secondary N) is 1. The summed E-state index contributed by atoms with van der Waals surface area (Å²) in [5.41, 5.74) is 7.19. The van der Waals surface area contributed by atoms with Gasteiger partial charge in [0.15, 0.2) is 6.04 Å². The van der Waals surface area contributed by atoms with Crippen molar-refractivity contribution in [3.63, 3.8) is 0 Å². The van der Waals surface area contributed by atoms with Gasteiger partial charge >= 0.3 is 0 Å². The molecule has 4 aromatic rings. The highest BCUT2D eigenvalue weighted by Gasteiger charge is 2.55. The first-order chi connectivity index (χ1) is 22.5. The van der Waals surface area contributed by atoms with Gasteiger partial charge in [-0.05, 0) is 103 Å². The van der Waals surface area contributed by atoms with Gasteiger partial charge in [-0.2, -0.15) is 13.5 Å². The Balaban J connectivity index is 1.20. The minimum atomic E-state index is -4.58. The van der Waals surface area contributed by atoms with E-state index in [1.54, 1.807) is 42.5 Å². The lowest BCUT2D eigenvalue weighted by Crippen LogP contribution is -2.57. The molecule has 2 aliphatic heterocycles. The van der Waals surface area contributed by atoms with Gasteiger partial charge in [0.25, 0.3) is 5.92 Å². The maximum Gasteiger partial charge on any atom is 0.298 e. The van der Waals surface area contributed by atoms with Gasteiger partial charge in [0.05, 0.1) is 11.0 Å². The SMILES string of the molecule is N[C@@H]1CC2CCC1N2C(=O)[C@H](NS(=O)(=O)c1ccc2cc(OC3CCCC3)ccc2c1)C(F)(F)c1ccc(-c2ccc(Cl)cc2)cc1. The number of nitrogens with zero attached hydrogens (tertiary/aromatic N) is 1. The van der Waals surface area contributed by atoms with E-state index in [4.69, 9.17) is 22.1 Å². The van der Waals surface area contributed by atoms with Crippen LogP contribution in [0.4, 0.5) is 8.78 Å². The van der Waals surface area contributed by atoms with E-state index in [-0.39, 0.29) is 23.1 Å². The van der Waals surface area contributed by atoms with Crippen molar-refractivity contribution in [2.45, 2.75) is 86.0 Å². The number of fused-ring (bicyclic) bond motifs is 3. The third-order valence-electron chi connectivity index (χ3n) is 9.87. The van der Waals surface area contributed by atoms with Crippen LogP contribution < -0.4 is 15.2 Å². The van der Waals surface area contributed by atoms with Crippen molar-refractivity contribution in [2.75, 3.05) is 0 Å². The fraction of sp³-hybridized carbons (Fsp3) is 0.361.